The molecule has 0 aromatic carbocycles. The molecule has 0 spiro atoms. The number of aliphatic hydroxyl groups excluding tert-OH is 3. The van der Waals surface area contributed by atoms with E-state index in [1.165, 1.54) is 0 Å². The lowest BCUT2D eigenvalue weighted by Crippen LogP contribution is -2.69. The quantitative estimate of drug-likeness (QED) is 0.311. The molecule has 5 unspecified atom stereocenters. The second-order valence-corrected chi connectivity index (χ2v) is 12.6. The number of carbonyl (C=O) groups excluding carboxylic acids is 3. The van der Waals surface area contributed by atoms with Crippen molar-refractivity contribution in [2.24, 2.45) is 0 Å². The third-order valence-electron chi connectivity index (χ3n) is 5.54. The Morgan fingerprint density at radius 3 is 1.90 bits per heavy atom. The van der Waals surface area contributed by atoms with Crippen LogP contribution in [-0.2, 0) is 18.9 Å². The topological polar surface area (TPSA) is 213 Å². The number of nitrogens with one attached hydrogen (secondary N) is 2. The van der Waals surface area contributed by atoms with Crippen LogP contribution in [0.2, 0.25) is 0 Å². The molecule has 16 nitrogen and oxygen atoms in total. The minimum atomic E-state index is -1.61. The molecule has 16 heteroatoms. The van der Waals surface area contributed by atoms with Crippen molar-refractivity contribution in [2.75, 3.05) is 21.7 Å². The van der Waals surface area contributed by atoms with Crippen molar-refractivity contribution in [3.05, 3.63) is 10.4 Å². The van der Waals surface area contributed by atoms with Crippen LogP contribution >= 0.6 is 0 Å². The summed E-state index contributed by atoms with van der Waals surface area (Å²) >= 11 is 0. The first kappa shape index (κ1) is 32.0. The molecular formula is C25H39N5O11. The first-order valence-corrected chi connectivity index (χ1v) is 12.9. The highest BCUT2D eigenvalue weighted by atomic mass is 16.6. The number of fused-ring (bicyclic) bond motifs is 2. The molecule has 3 heterocycles. The van der Waals surface area contributed by atoms with Gasteiger partial charge in [0.25, 0.3) is 5.56 Å². The predicted molar refractivity (Wildman–Crippen MR) is 144 cm³/mol. The molecule has 1 saturated heterocycles. The van der Waals surface area contributed by atoms with Crippen molar-refractivity contribution in [1.82, 2.24) is 9.97 Å². The lowest BCUT2D eigenvalue weighted by Gasteiger charge is -2.49. The summed E-state index contributed by atoms with van der Waals surface area (Å²) < 4.78 is 21.9. The van der Waals surface area contributed by atoms with Gasteiger partial charge < -0.3 is 39.6 Å². The summed E-state index contributed by atoms with van der Waals surface area (Å²) in [5.41, 5.74) is -4.47. The van der Waals surface area contributed by atoms with E-state index in [-0.39, 0.29) is 5.69 Å². The van der Waals surface area contributed by atoms with Gasteiger partial charge in [0, 0.05) is 0 Å². The Kier molecular flexibility index (Phi) is 8.66. The van der Waals surface area contributed by atoms with Crippen LogP contribution in [0.15, 0.2) is 4.79 Å². The molecule has 1 fully saturated rings. The van der Waals surface area contributed by atoms with Crippen molar-refractivity contribution < 1.29 is 48.7 Å². The van der Waals surface area contributed by atoms with Crippen molar-refractivity contribution in [1.29, 1.82) is 0 Å². The molecule has 230 valence electrons. The predicted octanol–water partition coefficient (Wildman–Crippen LogP) is 1.42. The lowest BCUT2D eigenvalue weighted by molar-refractivity contribution is -0.185. The monoisotopic (exact) mass is 585 g/mol. The molecule has 3 amide bonds. The van der Waals surface area contributed by atoms with E-state index in [1.807, 2.05) is 0 Å². The van der Waals surface area contributed by atoms with E-state index in [9.17, 15) is 34.5 Å². The zero-order valence-electron chi connectivity index (χ0n) is 24.5. The molecule has 0 radical (unpaired) electrons. The Morgan fingerprint density at radius 2 is 1.44 bits per heavy atom. The number of carbonyl (C=O) groups is 3. The van der Waals surface area contributed by atoms with Crippen LogP contribution in [0.4, 0.5) is 31.8 Å². The maximum absolute atomic E-state index is 13.5. The van der Waals surface area contributed by atoms with Gasteiger partial charge in [0.1, 0.15) is 46.8 Å². The van der Waals surface area contributed by atoms with Gasteiger partial charge in [-0.05, 0) is 62.3 Å². The number of aromatic nitrogens is 2. The zero-order valence-corrected chi connectivity index (χ0v) is 24.5. The average molecular weight is 586 g/mol. The molecule has 5 N–H and O–H groups in total. The van der Waals surface area contributed by atoms with Gasteiger partial charge in [0.05, 0.1) is 6.61 Å². The fourth-order valence-electron chi connectivity index (χ4n) is 3.99. The van der Waals surface area contributed by atoms with E-state index >= 15 is 0 Å². The maximum atomic E-state index is 13.5. The van der Waals surface area contributed by atoms with Gasteiger partial charge in [-0.25, -0.2) is 19.3 Å². The van der Waals surface area contributed by atoms with Crippen LogP contribution in [0.3, 0.4) is 0 Å². The molecular weight excluding hydrogens is 546 g/mol. The molecule has 0 aliphatic carbocycles. The number of imide groups is 1. The highest BCUT2D eigenvalue weighted by Gasteiger charge is 2.53. The van der Waals surface area contributed by atoms with E-state index in [2.05, 4.69) is 15.3 Å². The Hall–Kier alpha value is -3.47. The average Bonchev–Trinajstić information content (AvgIpc) is 2.76. The van der Waals surface area contributed by atoms with E-state index < -0.39 is 89.6 Å². The zero-order chi connectivity index (χ0) is 31.2. The normalized spacial score (nSPS) is 24.4. The molecule has 2 aliphatic heterocycles. The minimum Gasteiger partial charge on any atom is -0.443 e. The number of ether oxygens (including phenoxy) is 4. The van der Waals surface area contributed by atoms with Crippen LogP contribution in [0.1, 0.15) is 62.3 Å². The first-order valence-electron chi connectivity index (χ1n) is 12.9. The lowest BCUT2D eigenvalue weighted by atomic mass is 9.94. The van der Waals surface area contributed by atoms with Gasteiger partial charge in [-0.1, -0.05) is 0 Å². The number of H-pyrrole nitrogens is 1. The van der Waals surface area contributed by atoms with Crippen LogP contribution in [0.25, 0.3) is 0 Å². The Morgan fingerprint density at radius 1 is 0.927 bits per heavy atom. The molecule has 5 atom stereocenters. The third kappa shape index (κ3) is 7.25. The van der Waals surface area contributed by atoms with Crippen molar-refractivity contribution in [2.45, 2.75) is 110 Å². The summed E-state index contributed by atoms with van der Waals surface area (Å²) in [5.74, 6) is -1.09. The van der Waals surface area contributed by atoms with Crippen molar-refractivity contribution >= 4 is 35.7 Å². The van der Waals surface area contributed by atoms with Crippen molar-refractivity contribution in [3.8, 4) is 0 Å². The van der Waals surface area contributed by atoms with Gasteiger partial charge in [-0.3, -0.25) is 9.78 Å². The fraction of sp³-hybridized carbons (Fsp3) is 0.720. The smallest absolute Gasteiger partial charge is 0.427 e. The summed E-state index contributed by atoms with van der Waals surface area (Å²) in [7, 11) is 0. The molecule has 0 bridgehead atoms. The number of amides is 3. The van der Waals surface area contributed by atoms with Gasteiger partial charge in [-0.2, -0.15) is 4.98 Å². The van der Waals surface area contributed by atoms with Crippen LogP contribution in [-0.4, -0.2) is 97.6 Å². The molecule has 3 rings (SSSR count). The summed E-state index contributed by atoms with van der Waals surface area (Å²) in [4.78, 5) is 60.9. The van der Waals surface area contributed by atoms with Crippen LogP contribution in [0.5, 0.6) is 0 Å². The fourth-order valence-corrected chi connectivity index (χ4v) is 3.99. The van der Waals surface area contributed by atoms with E-state index in [1.54, 1.807) is 62.3 Å². The second-order valence-electron chi connectivity index (χ2n) is 12.6. The molecule has 1 aromatic rings. The maximum Gasteiger partial charge on any atom is 0.427 e. The number of anilines is 3. The minimum absolute atomic E-state index is 0.355. The number of aromatic amines is 1. The standard InChI is InChI=1S/C25H39N5O11/c1-23(2,3)39-20(35)29-16-13(26-12-15(33)14(32)11(10-31)38-18(12)29)17(34)28-19(27-16)30(21(36)40-24(4,5)6)22(37)41-25(7,8)9/h11-12,14-15,18,26,31-33H,10H2,1-9H3,(H,27,28,34). The molecule has 2 aliphatic rings. The summed E-state index contributed by atoms with van der Waals surface area (Å²) in [5, 5.41) is 33.6. The molecule has 41 heavy (non-hydrogen) atoms. The first-order chi connectivity index (χ1) is 18.6. The highest BCUT2D eigenvalue weighted by Crippen LogP contribution is 2.37. The van der Waals surface area contributed by atoms with Gasteiger partial charge in [0.15, 0.2) is 12.0 Å². The van der Waals surface area contributed by atoms with E-state index in [4.69, 9.17) is 18.9 Å². The van der Waals surface area contributed by atoms with Gasteiger partial charge in [0.2, 0.25) is 5.95 Å². The highest BCUT2D eigenvalue weighted by molar-refractivity contribution is 6.08. The Bertz CT molecular complexity index is 1200. The summed E-state index contributed by atoms with van der Waals surface area (Å²) in [6.07, 6.45) is -9.48. The number of hydrogen-bond acceptors (Lipinski definition) is 13. The summed E-state index contributed by atoms with van der Waals surface area (Å²) in [6.45, 7) is 13.4. The Balaban J connectivity index is 2.23. The number of hydrogen-bond donors (Lipinski definition) is 5. The van der Waals surface area contributed by atoms with Crippen LogP contribution < -0.4 is 20.7 Å². The largest absolute Gasteiger partial charge is 0.443 e. The van der Waals surface area contributed by atoms with Gasteiger partial charge >= 0.3 is 18.3 Å². The van der Waals surface area contributed by atoms with Gasteiger partial charge in [-0.15, -0.1) is 4.90 Å². The molecule has 0 saturated carbocycles. The SMILES string of the molecule is CC(C)(C)OC(=O)N(C(=O)OC(C)(C)C)c1nc2c(c(=O)[nH]1)NC1C(O)C(O)C(CO)OC1N2C(=O)OC(C)(C)C. The summed E-state index contributed by atoms with van der Waals surface area (Å²) in [6, 6.07) is -1.27. The second kappa shape index (κ2) is 11.1. The number of nitrogens with zero attached hydrogens (tertiary/aromatic N) is 3. The van der Waals surface area contributed by atoms with Crippen molar-refractivity contribution in [3.63, 3.8) is 0 Å². The van der Waals surface area contributed by atoms with E-state index in [0.717, 1.165) is 4.90 Å². The number of aliphatic hydroxyl groups is 3. The molecule has 1 aromatic heterocycles. The number of rotatable bonds is 2. The van der Waals surface area contributed by atoms with Crippen LogP contribution in [0, 0.1) is 0 Å². The third-order valence-corrected chi connectivity index (χ3v) is 5.54. The van der Waals surface area contributed by atoms with E-state index in [0.29, 0.717) is 4.90 Å². The Labute approximate surface area is 236 Å².